The number of alkyl halides is 3. The average Bonchev–Trinajstić information content (AvgIpc) is 2.07. The molecule has 0 aromatic carbocycles. The first-order valence-corrected chi connectivity index (χ1v) is 4.82. The van der Waals surface area contributed by atoms with Gasteiger partial charge in [0.25, 0.3) is 0 Å². The van der Waals surface area contributed by atoms with Crippen LogP contribution in [0.3, 0.4) is 0 Å². The molecule has 0 aromatic rings. The Morgan fingerprint density at radius 3 is 2.07 bits per heavy atom. The standard InChI is InChI=1S/C9H15F3O2/c10-9(11,12)8(14)5-6-1-3-7(13)4-2-6/h6-8,13-14H,1-5H2. The van der Waals surface area contributed by atoms with Crippen molar-refractivity contribution < 1.29 is 23.4 Å². The van der Waals surface area contributed by atoms with Crippen molar-refractivity contribution in [1.82, 2.24) is 0 Å². The molecule has 14 heavy (non-hydrogen) atoms. The smallest absolute Gasteiger partial charge is 0.393 e. The van der Waals surface area contributed by atoms with Crippen LogP contribution in [0.15, 0.2) is 0 Å². The Morgan fingerprint density at radius 2 is 1.64 bits per heavy atom. The predicted octanol–water partition coefficient (Wildman–Crippen LogP) is 1.85. The molecule has 1 fully saturated rings. The Kier molecular flexibility index (Phi) is 3.78. The first-order valence-electron chi connectivity index (χ1n) is 4.82. The fourth-order valence-electron chi connectivity index (χ4n) is 1.83. The number of hydrogen-bond donors (Lipinski definition) is 2. The van der Waals surface area contributed by atoms with Crippen molar-refractivity contribution in [1.29, 1.82) is 0 Å². The highest BCUT2D eigenvalue weighted by atomic mass is 19.4. The summed E-state index contributed by atoms with van der Waals surface area (Å²) in [5.74, 6) is -0.102. The summed E-state index contributed by atoms with van der Waals surface area (Å²) < 4.78 is 35.9. The van der Waals surface area contributed by atoms with Crippen LogP contribution in [0.4, 0.5) is 13.2 Å². The van der Waals surface area contributed by atoms with Crippen molar-refractivity contribution in [3.05, 3.63) is 0 Å². The molecule has 1 rings (SSSR count). The maximum Gasteiger partial charge on any atom is 0.414 e. The van der Waals surface area contributed by atoms with E-state index in [-0.39, 0.29) is 18.4 Å². The minimum absolute atomic E-state index is 0.102. The van der Waals surface area contributed by atoms with Gasteiger partial charge in [0.1, 0.15) is 6.10 Å². The monoisotopic (exact) mass is 212 g/mol. The van der Waals surface area contributed by atoms with E-state index in [1.807, 2.05) is 0 Å². The highest BCUT2D eigenvalue weighted by molar-refractivity contribution is 4.76. The van der Waals surface area contributed by atoms with E-state index >= 15 is 0 Å². The molecule has 1 atom stereocenters. The Morgan fingerprint density at radius 1 is 1.14 bits per heavy atom. The molecule has 84 valence electrons. The van der Waals surface area contributed by atoms with Crippen molar-refractivity contribution in [2.45, 2.75) is 50.5 Å². The van der Waals surface area contributed by atoms with Crippen LogP contribution in [0.2, 0.25) is 0 Å². The summed E-state index contributed by atoms with van der Waals surface area (Å²) in [7, 11) is 0. The number of halogens is 3. The molecule has 1 aliphatic carbocycles. The summed E-state index contributed by atoms with van der Waals surface area (Å²) >= 11 is 0. The summed E-state index contributed by atoms with van der Waals surface area (Å²) in [6, 6.07) is 0. The van der Waals surface area contributed by atoms with Gasteiger partial charge in [0.15, 0.2) is 0 Å². The van der Waals surface area contributed by atoms with Crippen molar-refractivity contribution in [2.75, 3.05) is 0 Å². The van der Waals surface area contributed by atoms with E-state index in [0.717, 1.165) is 0 Å². The van der Waals surface area contributed by atoms with Gasteiger partial charge < -0.3 is 10.2 Å². The Hall–Kier alpha value is -0.290. The summed E-state index contributed by atoms with van der Waals surface area (Å²) in [4.78, 5) is 0. The molecule has 0 heterocycles. The number of aliphatic hydroxyl groups is 2. The molecule has 0 radical (unpaired) electrons. The van der Waals surface area contributed by atoms with Gasteiger partial charge in [0.05, 0.1) is 6.10 Å². The third-order valence-electron chi connectivity index (χ3n) is 2.75. The van der Waals surface area contributed by atoms with Crippen molar-refractivity contribution in [2.24, 2.45) is 5.92 Å². The van der Waals surface area contributed by atoms with Crippen molar-refractivity contribution in [3.8, 4) is 0 Å². The quantitative estimate of drug-likeness (QED) is 0.733. The topological polar surface area (TPSA) is 40.5 Å². The lowest BCUT2D eigenvalue weighted by Gasteiger charge is -2.27. The summed E-state index contributed by atoms with van der Waals surface area (Å²) in [5.41, 5.74) is 0. The molecule has 0 amide bonds. The molecule has 2 N–H and O–H groups in total. The molecule has 5 heteroatoms. The van der Waals surface area contributed by atoms with Gasteiger partial charge >= 0.3 is 6.18 Å². The van der Waals surface area contributed by atoms with Crippen molar-refractivity contribution in [3.63, 3.8) is 0 Å². The molecule has 0 aromatic heterocycles. The second kappa shape index (κ2) is 4.49. The normalized spacial score (nSPS) is 31.5. The predicted molar refractivity (Wildman–Crippen MR) is 44.6 cm³/mol. The fourth-order valence-corrected chi connectivity index (χ4v) is 1.83. The van der Waals surface area contributed by atoms with Crippen molar-refractivity contribution >= 4 is 0 Å². The van der Waals surface area contributed by atoms with Gasteiger partial charge in [0, 0.05) is 0 Å². The highest BCUT2D eigenvalue weighted by Crippen LogP contribution is 2.32. The first kappa shape index (κ1) is 11.8. The zero-order valence-corrected chi connectivity index (χ0v) is 7.80. The summed E-state index contributed by atoms with van der Waals surface area (Å²) in [6.45, 7) is 0. The molecule has 0 aliphatic heterocycles. The van der Waals surface area contributed by atoms with Crippen LogP contribution in [0.25, 0.3) is 0 Å². The van der Waals surface area contributed by atoms with E-state index in [9.17, 15) is 13.2 Å². The lowest BCUT2D eigenvalue weighted by Crippen LogP contribution is -2.32. The van der Waals surface area contributed by atoms with Crippen LogP contribution in [-0.2, 0) is 0 Å². The van der Waals surface area contributed by atoms with Crippen LogP contribution in [0.1, 0.15) is 32.1 Å². The highest BCUT2D eigenvalue weighted by Gasteiger charge is 2.39. The van der Waals surface area contributed by atoms with E-state index < -0.39 is 12.3 Å². The minimum Gasteiger partial charge on any atom is -0.393 e. The second-order valence-electron chi connectivity index (χ2n) is 3.97. The molecular weight excluding hydrogens is 197 g/mol. The zero-order valence-electron chi connectivity index (χ0n) is 7.80. The number of aliphatic hydroxyl groups excluding tert-OH is 2. The molecule has 0 bridgehead atoms. The lowest BCUT2D eigenvalue weighted by atomic mass is 9.84. The van der Waals surface area contributed by atoms with Gasteiger partial charge in [-0.2, -0.15) is 13.2 Å². The van der Waals surface area contributed by atoms with E-state index in [1.54, 1.807) is 0 Å². The molecule has 0 saturated heterocycles. The van der Waals surface area contributed by atoms with E-state index in [4.69, 9.17) is 10.2 Å². The van der Waals surface area contributed by atoms with Gasteiger partial charge in [-0.1, -0.05) is 0 Å². The molecule has 1 saturated carbocycles. The molecule has 2 nitrogen and oxygen atoms in total. The van der Waals surface area contributed by atoms with Crippen LogP contribution in [-0.4, -0.2) is 28.6 Å². The molecule has 1 aliphatic rings. The fraction of sp³-hybridized carbons (Fsp3) is 1.00. The number of hydrogen-bond acceptors (Lipinski definition) is 2. The third-order valence-corrected chi connectivity index (χ3v) is 2.75. The van der Waals surface area contributed by atoms with Crippen LogP contribution < -0.4 is 0 Å². The summed E-state index contributed by atoms with van der Waals surface area (Å²) in [5, 5.41) is 18.0. The van der Waals surface area contributed by atoms with Crippen LogP contribution in [0.5, 0.6) is 0 Å². The number of rotatable bonds is 2. The Balaban J connectivity index is 2.31. The van der Waals surface area contributed by atoms with E-state index in [0.29, 0.717) is 25.7 Å². The third kappa shape index (κ3) is 3.46. The SMILES string of the molecule is OC1CCC(CC(O)C(F)(F)F)CC1. The van der Waals surface area contributed by atoms with Crippen LogP contribution >= 0.6 is 0 Å². The Bertz CT molecular complexity index is 173. The van der Waals surface area contributed by atoms with E-state index in [1.165, 1.54) is 0 Å². The average molecular weight is 212 g/mol. The van der Waals surface area contributed by atoms with Gasteiger partial charge in [0.2, 0.25) is 0 Å². The molecular formula is C9H15F3O2. The van der Waals surface area contributed by atoms with Gasteiger partial charge in [-0.25, -0.2) is 0 Å². The maximum atomic E-state index is 12.0. The maximum absolute atomic E-state index is 12.0. The second-order valence-corrected chi connectivity index (χ2v) is 3.97. The Labute approximate surface area is 80.7 Å². The zero-order chi connectivity index (χ0) is 10.8. The van der Waals surface area contributed by atoms with Gasteiger partial charge in [-0.15, -0.1) is 0 Å². The molecule has 1 unspecified atom stereocenters. The minimum atomic E-state index is -4.50. The first-order chi connectivity index (χ1) is 6.39. The lowest BCUT2D eigenvalue weighted by molar-refractivity contribution is -0.209. The largest absolute Gasteiger partial charge is 0.414 e. The van der Waals surface area contributed by atoms with Gasteiger partial charge in [-0.3, -0.25) is 0 Å². The summed E-state index contributed by atoms with van der Waals surface area (Å²) in [6.07, 6.45) is -5.05. The van der Waals surface area contributed by atoms with Gasteiger partial charge in [-0.05, 0) is 38.0 Å². The van der Waals surface area contributed by atoms with Crippen LogP contribution in [0, 0.1) is 5.92 Å². The van der Waals surface area contributed by atoms with E-state index in [2.05, 4.69) is 0 Å². The molecule has 0 spiro atoms.